The summed E-state index contributed by atoms with van der Waals surface area (Å²) in [6, 6.07) is 7.56. The molecule has 24 heavy (non-hydrogen) atoms. The molecule has 1 aromatic heterocycles. The summed E-state index contributed by atoms with van der Waals surface area (Å²) in [5.41, 5.74) is 3.26. The van der Waals surface area contributed by atoms with Crippen molar-refractivity contribution in [2.75, 3.05) is 37.8 Å². The van der Waals surface area contributed by atoms with Crippen LogP contribution in [0, 0.1) is 6.92 Å². The number of halogens is 1. The molecule has 0 aliphatic carbocycles. The molecular weight excluding hydrogens is 368 g/mol. The van der Waals surface area contributed by atoms with E-state index in [9.17, 15) is 4.79 Å². The minimum Gasteiger partial charge on any atom is -0.384 e. The zero-order valence-corrected chi connectivity index (χ0v) is 15.9. The van der Waals surface area contributed by atoms with E-state index in [1.807, 2.05) is 31.2 Å². The van der Waals surface area contributed by atoms with Crippen LogP contribution in [0.4, 0.5) is 11.4 Å². The number of pyridine rings is 1. The van der Waals surface area contributed by atoms with Crippen LogP contribution < -0.4 is 10.6 Å². The van der Waals surface area contributed by atoms with Gasteiger partial charge in [-0.05, 0) is 57.7 Å². The normalized spacial score (nSPS) is 10.7. The molecule has 0 saturated heterocycles. The van der Waals surface area contributed by atoms with Gasteiger partial charge in [-0.2, -0.15) is 0 Å². The van der Waals surface area contributed by atoms with Crippen LogP contribution >= 0.6 is 15.9 Å². The van der Waals surface area contributed by atoms with Gasteiger partial charge in [0, 0.05) is 29.1 Å². The molecule has 5 nitrogen and oxygen atoms in total. The van der Waals surface area contributed by atoms with E-state index in [2.05, 4.69) is 50.5 Å². The molecular formula is C18H23BrN4O. The summed E-state index contributed by atoms with van der Waals surface area (Å²) in [6.45, 7) is 3.86. The number of carbonyl (C=O) groups excluding carboxylic acids is 1. The molecule has 0 radical (unpaired) electrons. The Morgan fingerprint density at radius 1 is 1.21 bits per heavy atom. The van der Waals surface area contributed by atoms with Gasteiger partial charge >= 0.3 is 0 Å². The first-order chi connectivity index (χ1) is 11.5. The molecule has 2 aromatic rings. The first-order valence-corrected chi connectivity index (χ1v) is 8.66. The molecule has 6 heteroatoms. The lowest BCUT2D eigenvalue weighted by Crippen LogP contribution is -2.17. The summed E-state index contributed by atoms with van der Waals surface area (Å²) in [7, 11) is 4.10. The monoisotopic (exact) mass is 390 g/mol. The molecule has 0 fully saturated rings. The Labute approximate surface area is 151 Å². The van der Waals surface area contributed by atoms with E-state index in [-0.39, 0.29) is 5.91 Å². The Morgan fingerprint density at radius 3 is 2.71 bits per heavy atom. The number of carbonyl (C=O) groups is 1. The lowest BCUT2D eigenvalue weighted by Gasteiger charge is -2.11. The second-order valence-electron chi connectivity index (χ2n) is 5.96. The van der Waals surface area contributed by atoms with E-state index in [0.717, 1.165) is 40.9 Å². The molecule has 1 aromatic carbocycles. The van der Waals surface area contributed by atoms with E-state index in [1.165, 1.54) is 0 Å². The topological polar surface area (TPSA) is 57.3 Å². The standard InChI is InChI=1S/C18H23BrN4O/c1-13-5-6-15(10-17(13)19)22-18(24)14-9-16(12-20-11-14)21-7-4-8-23(2)3/h5-6,9-12,21H,4,7-8H2,1-3H3,(H,22,24). The summed E-state index contributed by atoms with van der Waals surface area (Å²) < 4.78 is 0.967. The maximum absolute atomic E-state index is 12.4. The van der Waals surface area contributed by atoms with Crippen molar-refractivity contribution in [1.82, 2.24) is 9.88 Å². The summed E-state index contributed by atoms with van der Waals surface area (Å²) in [6.07, 6.45) is 4.33. The minimum atomic E-state index is -0.171. The van der Waals surface area contributed by atoms with Crippen LogP contribution in [0.1, 0.15) is 22.3 Å². The number of amides is 1. The van der Waals surface area contributed by atoms with Crippen molar-refractivity contribution < 1.29 is 4.79 Å². The van der Waals surface area contributed by atoms with Crippen LogP contribution in [0.3, 0.4) is 0 Å². The highest BCUT2D eigenvalue weighted by molar-refractivity contribution is 9.10. The van der Waals surface area contributed by atoms with Crippen molar-refractivity contribution in [3.63, 3.8) is 0 Å². The second kappa shape index (κ2) is 8.80. The van der Waals surface area contributed by atoms with Gasteiger partial charge < -0.3 is 15.5 Å². The summed E-state index contributed by atoms with van der Waals surface area (Å²) in [4.78, 5) is 18.7. The molecule has 0 atom stereocenters. The van der Waals surface area contributed by atoms with Gasteiger partial charge in [0.25, 0.3) is 5.91 Å². The fourth-order valence-corrected chi connectivity index (χ4v) is 2.54. The molecule has 0 aliphatic rings. The van der Waals surface area contributed by atoms with E-state index >= 15 is 0 Å². The van der Waals surface area contributed by atoms with E-state index in [1.54, 1.807) is 12.4 Å². The van der Waals surface area contributed by atoms with Crippen molar-refractivity contribution in [3.8, 4) is 0 Å². The molecule has 0 unspecified atom stereocenters. The van der Waals surface area contributed by atoms with Crippen LogP contribution in [0.25, 0.3) is 0 Å². The maximum Gasteiger partial charge on any atom is 0.257 e. The van der Waals surface area contributed by atoms with Gasteiger partial charge in [0.2, 0.25) is 0 Å². The van der Waals surface area contributed by atoms with Crippen LogP contribution in [0.5, 0.6) is 0 Å². The fraction of sp³-hybridized carbons (Fsp3) is 0.333. The highest BCUT2D eigenvalue weighted by atomic mass is 79.9. The predicted molar refractivity (Wildman–Crippen MR) is 103 cm³/mol. The Morgan fingerprint density at radius 2 is 2.00 bits per heavy atom. The average molecular weight is 391 g/mol. The Kier molecular flexibility index (Phi) is 6.75. The lowest BCUT2D eigenvalue weighted by molar-refractivity contribution is 0.102. The number of hydrogen-bond donors (Lipinski definition) is 2. The summed E-state index contributed by atoms with van der Waals surface area (Å²) in [5, 5.41) is 6.19. The zero-order chi connectivity index (χ0) is 17.5. The third-order valence-corrected chi connectivity index (χ3v) is 4.40. The van der Waals surface area contributed by atoms with Gasteiger partial charge in [-0.15, -0.1) is 0 Å². The van der Waals surface area contributed by atoms with Crippen LogP contribution in [0.15, 0.2) is 41.1 Å². The van der Waals surface area contributed by atoms with Crippen molar-refractivity contribution in [3.05, 3.63) is 52.3 Å². The van der Waals surface area contributed by atoms with Crippen LogP contribution in [-0.4, -0.2) is 43.0 Å². The second-order valence-corrected chi connectivity index (χ2v) is 6.82. The molecule has 128 valence electrons. The number of nitrogens with zero attached hydrogens (tertiary/aromatic N) is 2. The number of hydrogen-bond acceptors (Lipinski definition) is 4. The first kappa shape index (κ1) is 18.4. The van der Waals surface area contributed by atoms with E-state index in [0.29, 0.717) is 5.56 Å². The van der Waals surface area contributed by atoms with Crippen molar-refractivity contribution >= 4 is 33.2 Å². The molecule has 2 rings (SSSR count). The number of benzene rings is 1. The Bertz CT molecular complexity index is 703. The van der Waals surface area contributed by atoms with Crippen molar-refractivity contribution in [2.45, 2.75) is 13.3 Å². The van der Waals surface area contributed by atoms with Crippen LogP contribution in [0.2, 0.25) is 0 Å². The van der Waals surface area contributed by atoms with Crippen LogP contribution in [-0.2, 0) is 0 Å². The fourth-order valence-electron chi connectivity index (χ4n) is 2.16. The molecule has 1 heterocycles. The maximum atomic E-state index is 12.4. The average Bonchev–Trinajstić information content (AvgIpc) is 2.55. The van der Waals surface area contributed by atoms with Gasteiger partial charge in [-0.3, -0.25) is 9.78 Å². The molecule has 0 bridgehead atoms. The van der Waals surface area contributed by atoms with Gasteiger partial charge in [0.15, 0.2) is 0 Å². The number of rotatable bonds is 7. The highest BCUT2D eigenvalue weighted by Crippen LogP contribution is 2.21. The molecule has 0 aliphatic heterocycles. The SMILES string of the molecule is Cc1ccc(NC(=O)c2cncc(NCCCN(C)C)c2)cc1Br. The highest BCUT2D eigenvalue weighted by Gasteiger charge is 2.08. The Hall–Kier alpha value is -1.92. The predicted octanol–water partition coefficient (Wildman–Crippen LogP) is 3.77. The third-order valence-electron chi connectivity index (χ3n) is 3.54. The smallest absolute Gasteiger partial charge is 0.257 e. The van der Waals surface area contributed by atoms with Crippen molar-refractivity contribution in [2.24, 2.45) is 0 Å². The molecule has 0 spiro atoms. The first-order valence-electron chi connectivity index (χ1n) is 7.87. The minimum absolute atomic E-state index is 0.171. The van der Waals surface area contributed by atoms with Gasteiger partial charge in [-0.1, -0.05) is 22.0 Å². The molecule has 2 N–H and O–H groups in total. The number of aryl methyl sites for hydroxylation is 1. The largest absolute Gasteiger partial charge is 0.384 e. The van der Waals surface area contributed by atoms with Crippen molar-refractivity contribution in [1.29, 1.82) is 0 Å². The van der Waals surface area contributed by atoms with Gasteiger partial charge in [0.1, 0.15) is 0 Å². The van der Waals surface area contributed by atoms with Gasteiger partial charge in [-0.25, -0.2) is 0 Å². The number of nitrogens with one attached hydrogen (secondary N) is 2. The van der Waals surface area contributed by atoms with E-state index in [4.69, 9.17) is 0 Å². The zero-order valence-electron chi connectivity index (χ0n) is 14.3. The number of anilines is 2. The Balaban J connectivity index is 1.96. The summed E-state index contributed by atoms with van der Waals surface area (Å²) in [5.74, 6) is -0.171. The molecule has 1 amide bonds. The summed E-state index contributed by atoms with van der Waals surface area (Å²) >= 11 is 3.47. The van der Waals surface area contributed by atoms with E-state index < -0.39 is 0 Å². The quantitative estimate of drug-likeness (QED) is 0.706. The van der Waals surface area contributed by atoms with Gasteiger partial charge in [0.05, 0.1) is 11.3 Å². The third kappa shape index (κ3) is 5.62. The lowest BCUT2D eigenvalue weighted by atomic mass is 10.2. The molecule has 0 saturated carbocycles. The number of aromatic nitrogens is 1.